The number of hydrogen-bond donors (Lipinski definition) is 3. The first-order chi connectivity index (χ1) is 12.1. The van der Waals surface area contributed by atoms with Crippen LogP contribution in [-0.4, -0.2) is 46.2 Å². The van der Waals surface area contributed by atoms with Gasteiger partial charge in [0.15, 0.2) is 0 Å². The molecule has 1 aromatic carbocycles. The summed E-state index contributed by atoms with van der Waals surface area (Å²) in [7, 11) is 1.60. The fourth-order valence-corrected chi connectivity index (χ4v) is 2.59. The van der Waals surface area contributed by atoms with Gasteiger partial charge in [0.2, 0.25) is 12.3 Å². The molecule has 1 aromatic heterocycles. The number of imidazole rings is 1. The lowest BCUT2D eigenvalue weighted by Gasteiger charge is -2.19. The van der Waals surface area contributed by atoms with Crippen molar-refractivity contribution in [1.82, 2.24) is 20.3 Å². The number of unbranched alkanes of at least 4 members (excludes halogenated alkanes) is 1. The Morgan fingerprint density at radius 2 is 2.32 bits per heavy atom. The van der Waals surface area contributed by atoms with Crippen molar-refractivity contribution in [3.05, 3.63) is 24.0 Å². The molecule has 0 bridgehead atoms. The molecule has 0 saturated heterocycles. The number of carbonyl (C=O) groups is 2. The molecule has 0 fully saturated rings. The molecule has 3 N–H and O–H groups in total. The number of hydroxylamine groups is 2. The summed E-state index contributed by atoms with van der Waals surface area (Å²) < 4.78 is 5.17. The van der Waals surface area contributed by atoms with Crippen LogP contribution in [0.15, 0.2) is 18.2 Å². The van der Waals surface area contributed by atoms with E-state index in [0.29, 0.717) is 23.7 Å². The Labute approximate surface area is 146 Å². The van der Waals surface area contributed by atoms with E-state index in [2.05, 4.69) is 15.3 Å². The predicted molar refractivity (Wildman–Crippen MR) is 92.1 cm³/mol. The molecule has 1 heterocycles. The van der Waals surface area contributed by atoms with Crippen molar-refractivity contribution in [3.63, 3.8) is 0 Å². The summed E-state index contributed by atoms with van der Waals surface area (Å²) in [5, 5.41) is 12.7. The molecule has 1 unspecified atom stereocenters. The quantitative estimate of drug-likeness (QED) is 0.345. The smallest absolute Gasteiger partial charge is 0.233 e. The number of aromatic amines is 1. The Morgan fingerprint density at radius 3 is 3.00 bits per heavy atom. The minimum absolute atomic E-state index is 0.0212. The lowest BCUT2D eigenvalue weighted by atomic mass is 10.0. The molecule has 136 valence electrons. The van der Waals surface area contributed by atoms with Crippen LogP contribution >= 0.6 is 0 Å². The number of hydrogen-bond acceptors (Lipinski definition) is 5. The maximum Gasteiger partial charge on any atom is 0.233 e. The lowest BCUT2D eigenvalue weighted by molar-refractivity contribution is -0.154. The van der Waals surface area contributed by atoms with Gasteiger partial charge in [0.25, 0.3) is 0 Å². The van der Waals surface area contributed by atoms with Gasteiger partial charge in [0, 0.05) is 6.07 Å². The van der Waals surface area contributed by atoms with Gasteiger partial charge in [-0.05, 0) is 18.6 Å². The normalized spacial score (nSPS) is 12.0. The highest BCUT2D eigenvalue weighted by molar-refractivity contribution is 5.79. The largest absolute Gasteiger partial charge is 0.497 e. The predicted octanol–water partition coefficient (Wildman–Crippen LogP) is 1.84. The number of aromatic nitrogens is 2. The summed E-state index contributed by atoms with van der Waals surface area (Å²) in [5.41, 5.74) is 1.61. The number of carbonyl (C=O) groups excluding carboxylic acids is 2. The standard InChI is InChI=1S/C17H24N4O4/c1-3-4-5-12(10-21(24)11-22)17(23)18-9-16-19-14-7-6-13(25-2)8-15(14)20-16/h6-8,11-12,24H,3-5,9-10H2,1-2H3,(H,18,23)(H,19,20). The molecular formula is C17H24N4O4. The van der Waals surface area contributed by atoms with Crippen molar-refractivity contribution >= 4 is 23.4 Å². The van der Waals surface area contributed by atoms with Crippen molar-refractivity contribution in [2.24, 2.45) is 5.92 Å². The van der Waals surface area contributed by atoms with Gasteiger partial charge >= 0.3 is 0 Å². The molecule has 25 heavy (non-hydrogen) atoms. The highest BCUT2D eigenvalue weighted by atomic mass is 16.5. The van der Waals surface area contributed by atoms with E-state index >= 15 is 0 Å². The van der Waals surface area contributed by atoms with Gasteiger partial charge in [0.05, 0.1) is 37.2 Å². The van der Waals surface area contributed by atoms with E-state index in [4.69, 9.17) is 4.74 Å². The van der Waals surface area contributed by atoms with Gasteiger partial charge in [-0.2, -0.15) is 0 Å². The summed E-state index contributed by atoms with van der Waals surface area (Å²) >= 11 is 0. The first-order valence-corrected chi connectivity index (χ1v) is 8.28. The van der Waals surface area contributed by atoms with Crippen LogP contribution in [0.25, 0.3) is 11.0 Å². The van der Waals surface area contributed by atoms with Crippen molar-refractivity contribution in [1.29, 1.82) is 0 Å². The average molecular weight is 348 g/mol. The zero-order chi connectivity index (χ0) is 18.2. The maximum absolute atomic E-state index is 12.4. The number of amides is 2. The Kier molecular flexibility index (Phi) is 6.76. The van der Waals surface area contributed by atoms with Gasteiger partial charge < -0.3 is 15.0 Å². The summed E-state index contributed by atoms with van der Waals surface area (Å²) in [6.07, 6.45) is 2.68. The summed E-state index contributed by atoms with van der Waals surface area (Å²) in [6.45, 7) is 2.24. The van der Waals surface area contributed by atoms with E-state index < -0.39 is 5.92 Å². The summed E-state index contributed by atoms with van der Waals surface area (Å²) in [5.74, 6) is 0.678. The van der Waals surface area contributed by atoms with Crippen LogP contribution in [0.1, 0.15) is 32.0 Å². The average Bonchev–Trinajstić information content (AvgIpc) is 3.04. The van der Waals surface area contributed by atoms with Gasteiger partial charge in [-0.1, -0.05) is 19.8 Å². The number of H-pyrrole nitrogens is 1. The first-order valence-electron chi connectivity index (χ1n) is 8.28. The van der Waals surface area contributed by atoms with Crippen LogP contribution in [0.4, 0.5) is 0 Å². The van der Waals surface area contributed by atoms with Gasteiger partial charge in [-0.3, -0.25) is 14.8 Å². The molecule has 0 radical (unpaired) electrons. The lowest BCUT2D eigenvalue weighted by Crippen LogP contribution is -2.37. The molecule has 0 spiro atoms. The van der Waals surface area contributed by atoms with Crippen LogP contribution in [0.5, 0.6) is 5.75 Å². The number of benzene rings is 1. The fraction of sp³-hybridized carbons (Fsp3) is 0.471. The SMILES string of the molecule is CCCCC(CN(O)C=O)C(=O)NCc1nc2ccc(OC)cc2[nH]1. The second kappa shape index (κ2) is 9.03. The zero-order valence-electron chi connectivity index (χ0n) is 14.5. The molecule has 2 aromatic rings. The second-order valence-electron chi connectivity index (χ2n) is 5.85. The highest BCUT2D eigenvalue weighted by Gasteiger charge is 2.20. The number of nitrogens with zero attached hydrogens (tertiary/aromatic N) is 2. The Bertz CT molecular complexity index is 716. The second-order valence-corrected chi connectivity index (χ2v) is 5.85. The molecule has 0 aliphatic heterocycles. The summed E-state index contributed by atoms with van der Waals surface area (Å²) in [4.78, 5) is 30.5. The Morgan fingerprint density at radius 1 is 1.52 bits per heavy atom. The van der Waals surface area contributed by atoms with Gasteiger partial charge in [-0.25, -0.2) is 10.0 Å². The molecule has 8 nitrogen and oxygen atoms in total. The monoisotopic (exact) mass is 348 g/mol. The Balaban J connectivity index is 1.99. The van der Waals surface area contributed by atoms with Crippen LogP contribution in [-0.2, 0) is 16.1 Å². The number of nitrogens with one attached hydrogen (secondary N) is 2. The van der Waals surface area contributed by atoms with E-state index in [0.717, 1.165) is 29.6 Å². The maximum atomic E-state index is 12.4. The van der Waals surface area contributed by atoms with E-state index in [1.807, 2.05) is 25.1 Å². The summed E-state index contributed by atoms with van der Waals surface area (Å²) in [6, 6.07) is 5.50. The number of ether oxygens (including phenoxy) is 1. The molecule has 0 aliphatic rings. The minimum atomic E-state index is -0.459. The van der Waals surface area contributed by atoms with E-state index in [9.17, 15) is 14.8 Å². The first kappa shape index (κ1) is 18.7. The van der Waals surface area contributed by atoms with Crippen LogP contribution in [0.3, 0.4) is 0 Å². The Hall–Kier alpha value is -2.61. The van der Waals surface area contributed by atoms with Gasteiger partial charge in [0.1, 0.15) is 11.6 Å². The van der Waals surface area contributed by atoms with E-state index in [1.165, 1.54) is 0 Å². The van der Waals surface area contributed by atoms with Crippen molar-refractivity contribution in [2.75, 3.05) is 13.7 Å². The third-order valence-electron chi connectivity index (χ3n) is 3.97. The molecular weight excluding hydrogens is 324 g/mol. The number of methoxy groups -OCH3 is 1. The van der Waals surface area contributed by atoms with E-state index in [-0.39, 0.29) is 19.0 Å². The minimum Gasteiger partial charge on any atom is -0.497 e. The third-order valence-corrected chi connectivity index (χ3v) is 3.97. The molecule has 8 heteroatoms. The van der Waals surface area contributed by atoms with Crippen molar-refractivity contribution in [2.45, 2.75) is 32.7 Å². The fourth-order valence-electron chi connectivity index (χ4n) is 2.59. The number of fused-ring (bicyclic) bond motifs is 1. The number of rotatable bonds is 10. The highest BCUT2D eigenvalue weighted by Crippen LogP contribution is 2.18. The van der Waals surface area contributed by atoms with Crippen LogP contribution < -0.4 is 10.1 Å². The van der Waals surface area contributed by atoms with Crippen molar-refractivity contribution < 1.29 is 19.5 Å². The third kappa shape index (κ3) is 5.18. The van der Waals surface area contributed by atoms with Crippen molar-refractivity contribution in [3.8, 4) is 5.75 Å². The topological polar surface area (TPSA) is 108 Å². The molecule has 0 aliphatic carbocycles. The van der Waals surface area contributed by atoms with Crippen LogP contribution in [0.2, 0.25) is 0 Å². The molecule has 2 rings (SSSR count). The molecule has 0 saturated carbocycles. The van der Waals surface area contributed by atoms with Gasteiger partial charge in [-0.15, -0.1) is 0 Å². The van der Waals surface area contributed by atoms with E-state index in [1.54, 1.807) is 7.11 Å². The molecule has 1 atom stereocenters. The zero-order valence-corrected chi connectivity index (χ0v) is 14.5. The molecule has 2 amide bonds. The van der Waals surface area contributed by atoms with Crippen LogP contribution in [0, 0.1) is 5.92 Å².